The normalized spacial score (nSPS) is 16.7. The van der Waals surface area contributed by atoms with Crippen LogP contribution in [0.2, 0.25) is 0 Å². The molecule has 0 saturated carbocycles. The topological polar surface area (TPSA) is 45.4 Å². The summed E-state index contributed by atoms with van der Waals surface area (Å²) in [6, 6.07) is 8.11. The van der Waals surface area contributed by atoms with E-state index in [1.54, 1.807) is 11.3 Å². The molecule has 2 heterocycles. The molecular formula is C14H18N4S. The molecule has 0 spiro atoms. The largest absolute Gasteiger partial charge is 0.397 e. The van der Waals surface area contributed by atoms with E-state index >= 15 is 0 Å². The Hall–Kier alpha value is -1.59. The van der Waals surface area contributed by atoms with Crippen LogP contribution in [0.15, 0.2) is 35.8 Å². The Labute approximate surface area is 117 Å². The molecule has 0 aliphatic carbocycles. The molecule has 100 valence electrons. The van der Waals surface area contributed by atoms with Gasteiger partial charge in [-0.25, -0.2) is 4.98 Å². The second-order valence-electron chi connectivity index (χ2n) is 4.75. The lowest BCUT2D eigenvalue weighted by Crippen LogP contribution is -2.46. The molecular weight excluding hydrogens is 256 g/mol. The summed E-state index contributed by atoms with van der Waals surface area (Å²) in [6.07, 6.45) is 1.88. The average molecular weight is 274 g/mol. The molecule has 2 N–H and O–H groups in total. The maximum atomic E-state index is 6.03. The molecule has 0 radical (unpaired) electrons. The quantitative estimate of drug-likeness (QED) is 0.870. The van der Waals surface area contributed by atoms with Crippen LogP contribution in [0, 0.1) is 0 Å². The van der Waals surface area contributed by atoms with E-state index in [-0.39, 0.29) is 0 Å². The number of thiazole rings is 1. The third-order valence-electron chi connectivity index (χ3n) is 3.49. The van der Waals surface area contributed by atoms with Crippen LogP contribution in [0.5, 0.6) is 0 Å². The van der Waals surface area contributed by atoms with Crippen LogP contribution >= 0.6 is 11.3 Å². The number of piperazine rings is 1. The number of hydrogen-bond acceptors (Lipinski definition) is 5. The van der Waals surface area contributed by atoms with Crippen molar-refractivity contribution < 1.29 is 0 Å². The van der Waals surface area contributed by atoms with Gasteiger partial charge in [-0.1, -0.05) is 12.1 Å². The molecule has 19 heavy (non-hydrogen) atoms. The third-order valence-corrected chi connectivity index (χ3v) is 4.26. The summed E-state index contributed by atoms with van der Waals surface area (Å²) < 4.78 is 0. The molecule has 1 fully saturated rings. The van der Waals surface area contributed by atoms with Crippen molar-refractivity contribution in [1.29, 1.82) is 0 Å². The Bertz CT molecular complexity index is 518. The smallest absolute Gasteiger partial charge is 0.107 e. The zero-order valence-corrected chi connectivity index (χ0v) is 11.6. The van der Waals surface area contributed by atoms with E-state index < -0.39 is 0 Å². The molecule has 0 bridgehead atoms. The number of rotatable bonds is 3. The van der Waals surface area contributed by atoms with Gasteiger partial charge in [0.05, 0.1) is 17.9 Å². The summed E-state index contributed by atoms with van der Waals surface area (Å²) in [5.41, 5.74) is 8.07. The predicted molar refractivity (Wildman–Crippen MR) is 80.5 cm³/mol. The number of aromatic nitrogens is 1. The first kappa shape index (κ1) is 12.4. The van der Waals surface area contributed by atoms with Gasteiger partial charge < -0.3 is 10.6 Å². The molecule has 0 unspecified atom stereocenters. The fourth-order valence-electron chi connectivity index (χ4n) is 2.44. The van der Waals surface area contributed by atoms with Crippen LogP contribution in [-0.4, -0.2) is 36.1 Å². The van der Waals surface area contributed by atoms with Gasteiger partial charge >= 0.3 is 0 Å². The first-order valence-corrected chi connectivity index (χ1v) is 7.41. The SMILES string of the molecule is Nc1ccccc1N1CCN(Cc2nccs2)CC1. The van der Waals surface area contributed by atoms with Gasteiger partial charge in [0.25, 0.3) is 0 Å². The van der Waals surface area contributed by atoms with E-state index in [1.807, 2.05) is 29.8 Å². The molecule has 2 aromatic rings. The Kier molecular flexibility index (Phi) is 3.66. The molecule has 0 amide bonds. The van der Waals surface area contributed by atoms with Gasteiger partial charge in [0.2, 0.25) is 0 Å². The van der Waals surface area contributed by atoms with E-state index in [2.05, 4.69) is 20.9 Å². The molecule has 3 rings (SSSR count). The average Bonchev–Trinajstić information content (AvgIpc) is 2.93. The van der Waals surface area contributed by atoms with Crippen molar-refractivity contribution >= 4 is 22.7 Å². The van der Waals surface area contributed by atoms with Crippen LogP contribution in [-0.2, 0) is 6.54 Å². The minimum atomic E-state index is 0.871. The van der Waals surface area contributed by atoms with Gasteiger partial charge in [-0.3, -0.25) is 4.90 Å². The minimum absolute atomic E-state index is 0.871. The van der Waals surface area contributed by atoms with Gasteiger partial charge in [0, 0.05) is 37.8 Å². The van der Waals surface area contributed by atoms with E-state index in [9.17, 15) is 0 Å². The summed E-state index contributed by atoms with van der Waals surface area (Å²) in [4.78, 5) is 9.17. The van der Waals surface area contributed by atoms with Gasteiger partial charge in [0.1, 0.15) is 5.01 Å². The first-order valence-electron chi connectivity index (χ1n) is 6.53. The zero-order valence-electron chi connectivity index (χ0n) is 10.8. The van der Waals surface area contributed by atoms with Crippen LogP contribution in [0.4, 0.5) is 11.4 Å². The standard InChI is InChI=1S/C14H18N4S/c15-12-3-1-2-4-13(12)18-8-6-17(7-9-18)11-14-16-5-10-19-14/h1-5,10H,6-9,11,15H2. The van der Waals surface area contributed by atoms with E-state index in [4.69, 9.17) is 5.73 Å². The summed E-state index contributed by atoms with van der Waals surface area (Å²) in [6.45, 7) is 5.15. The number of nitrogens with zero attached hydrogens (tertiary/aromatic N) is 3. The molecule has 1 aliphatic rings. The fourth-order valence-corrected chi connectivity index (χ4v) is 3.10. The van der Waals surface area contributed by atoms with Crippen molar-refractivity contribution in [2.75, 3.05) is 36.8 Å². The van der Waals surface area contributed by atoms with Crippen molar-refractivity contribution in [2.24, 2.45) is 0 Å². The van der Waals surface area contributed by atoms with Gasteiger partial charge in [-0.15, -0.1) is 11.3 Å². The summed E-state index contributed by atoms with van der Waals surface area (Å²) in [5.74, 6) is 0. The van der Waals surface area contributed by atoms with Crippen molar-refractivity contribution in [1.82, 2.24) is 9.88 Å². The molecule has 1 aromatic heterocycles. The van der Waals surface area contributed by atoms with Crippen molar-refractivity contribution in [3.8, 4) is 0 Å². The Balaban J connectivity index is 1.59. The highest BCUT2D eigenvalue weighted by atomic mass is 32.1. The number of hydrogen-bond donors (Lipinski definition) is 1. The summed E-state index contributed by atoms with van der Waals surface area (Å²) in [5, 5.41) is 3.24. The zero-order chi connectivity index (χ0) is 13.1. The first-order chi connectivity index (χ1) is 9.33. The molecule has 0 atom stereocenters. The number of nitrogens with two attached hydrogens (primary N) is 1. The molecule has 5 heteroatoms. The van der Waals surface area contributed by atoms with E-state index in [0.717, 1.165) is 44.1 Å². The van der Waals surface area contributed by atoms with Crippen LogP contribution < -0.4 is 10.6 Å². The second kappa shape index (κ2) is 5.59. The van der Waals surface area contributed by atoms with Crippen molar-refractivity contribution in [3.05, 3.63) is 40.8 Å². The second-order valence-corrected chi connectivity index (χ2v) is 5.73. The summed E-state index contributed by atoms with van der Waals surface area (Å²) >= 11 is 1.73. The van der Waals surface area contributed by atoms with Crippen LogP contribution in [0.25, 0.3) is 0 Å². The number of para-hydroxylation sites is 2. The lowest BCUT2D eigenvalue weighted by Gasteiger charge is -2.36. The van der Waals surface area contributed by atoms with Crippen LogP contribution in [0.1, 0.15) is 5.01 Å². The lowest BCUT2D eigenvalue weighted by atomic mass is 10.2. The van der Waals surface area contributed by atoms with Crippen molar-refractivity contribution in [3.63, 3.8) is 0 Å². The molecule has 1 aliphatic heterocycles. The molecule has 1 saturated heterocycles. The van der Waals surface area contributed by atoms with Crippen LogP contribution in [0.3, 0.4) is 0 Å². The lowest BCUT2D eigenvalue weighted by molar-refractivity contribution is 0.249. The third kappa shape index (κ3) is 2.88. The minimum Gasteiger partial charge on any atom is -0.397 e. The van der Waals surface area contributed by atoms with Gasteiger partial charge in [-0.05, 0) is 12.1 Å². The predicted octanol–water partition coefficient (Wildman–Crippen LogP) is 2.05. The highest BCUT2D eigenvalue weighted by Crippen LogP contribution is 2.23. The fraction of sp³-hybridized carbons (Fsp3) is 0.357. The Morgan fingerprint density at radius 2 is 1.95 bits per heavy atom. The Morgan fingerprint density at radius 3 is 2.63 bits per heavy atom. The highest BCUT2D eigenvalue weighted by Gasteiger charge is 2.18. The molecule has 4 nitrogen and oxygen atoms in total. The van der Waals surface area contributed by atoms with E-state index in [1.165, 1.54) is 5.01 Å². The Morgan fingerprint density at radius 1 is 1.16 bits per heavy atom. The van der Waals surface area contributed by atoms with Gasteiger partial charge in [-0.2, -0.15) is 0 Å². The van der Waals surface area contributed by atoms with E-state index in [0.29, 0.717) is 0 Å². The maximum absolute atomic E-state index is 6.03. The number of benzene rings is 1. The van der Waals surface area contributed by atoms with Gasteiger partial charge in [0.15, 0.2) is 0 Å². The maximum Gasteiger partial charge on any atom is 0.107 e. The number of anilines is 2. The summed E-state index contributed by atoms with van der Waals surface area (Å²) in [7, 11) is 0. The number of nitrogen functional groups attached to an aromatic ring is 1. The molecule has 1 aromatic carbocycles. The highest BCUT2D eigenvalue weighted by molar-refractivity contribution is 7.09. The monoisotopic (exact) mass is 274 g/mol. The van der Waals surface area contributed by atoms with Crippen molar-refractivity contribution in [2.45, 2.75) is 6.54 Å².